The number of nitrogens with zero attached hydrogens (tertiary/aromatic N) is 2. The second kappa shape index (κ2) is 4.61. The second-order valence-corrected chi connectivity index (χ2v) is 5.34. The van der Waals surface area contributed by atoms with Crippen LogP contribution in [0, 0.1) is 0 Å². The number of halogens is 2. The average Bonchev–Trinajstić information content (AvgIpc) is 2.69. The van der Waals surface area contributed by atoms with E-state index in [0.29, 0.717) is 28.1 Å². The van der Waals surface area contributed by atoms with Gasteiger partial charge in [0, 0.05) is 18.7 Å². The Hall–Kier alpha value is -0.970. The lowest BCUT2D eigenvalue weighted by Crippen LogP contribution is -2.17. The molecule has 1 atom stereocenters. The van der Waals surface area contributed by atoms with E-state index in [9.17, 15) is 0 Å². The molecule has 1 unspecified atom stereocenters. The molecule has 0 spiro atoms. The first kappa shape index (κ1) is 12.1. The first-order chi connectivity index (χ1) is 8.66. The van der Waals surface area contributed by atoms with Gasteiger partial charge in [-0.1, -0.05) is 23.2 Å². The van der Waals surface area contributed by atoms with Crippen molar-refractivity contribution in [2.45, 2.75) is 18.8 Å². The maximum atomic E-state index is 6.14. The van der Waals surface area contributed by atoms with E-state index in [2.05, 4.69) is 4.98 Å². The van der Waals surface area contributed by atoms with Crippen LogP contribution in [-0.4, -0.2) is 22.6 Å². The number of rotatable bonds is 1. The zero-order chi connectivity index (χ0) is 12.7. The SMILES string of the molecule is Nc1c(C2CCCOC2)nc2c(Cl)cc(Cl)cn12. The van der Waals surface area contributed by atoms with Crippen molar-refractivity contribution in [2.24, 2.45) is 0 Å². The summed E-state index contributed by atoms with van der Waals surface area (Å²) in [4.78, 5) is 4.54. The minimum Gasteiger partial charge on any atom is -0.383 e. The van der Waals surface area contributed by atoms with E-state index in [1.807, 2.05) is 0 Å². The normalized spacial score (nSPS) is 20.4. The van der Waals surface area contributed by atoms with Gasteiger partial charge in [0.05, 0.1) is 22.3 Å². The largest absolute Gasteiger partial charge is 0.383 e. The van der Waals surface area contributed by atoms with Gasteiger partial charge >= 0.3 is 0 Å². The third kappa shape index (κ3) is 1.94. The van der Waals surface area contributed by atoms with Gasteiger partial charge in [-0.3, -0.25) is 4.40 Å². The standard InChI is InChI=1S/C12H13Cl2N3O/c13-8-4-9(14)12-16-10(11(15)17(12)5-8)7-2-1-3-18-6-7/h4-5,7H,1-3,6,15H2. The molecular formula is C12H13Cl2N3O. The first-order valence-electron chi connectivity index (χ1n) is 5.87. The lowest BCUT2D eigenvalue weighted by atomic mass is 9.99. The number of ether oxygens (including phenoxy) is 1. The molecule has 96 valence electrons. The zero-order valence-corrected chi connectivity index (χ0v) is 11.2. The van der Waals surface area contributed by atoms with E-state index in [-0.39, 0.29) is 5.92 Å². The summed E-state index contributed by atoms with van der Waals surface area (Å²) in [6, 6.07) is 1.67. The molecule has 0 bridgehead atoms. The molecule has 2 aromatic heterocycles. The van der Waals surface area contributed by atoms with Crippen molar-refractivity contribution in [1.82, 2.24) is 9.38 Å². The molecular weight excluding hydrogens is 273 g/mol. The Morgan fingerprint density at radius 3 is 3.00 bits per heavy atom. The molecule has 0 aromatic carbocycles. The van der Waals surface area contributed by atoms with Gasteiger partial charge in [-0.2, -0.15) is 0 Å². The predicted molar refractivity (Wildman–Crippen MR) is 72.4 cm³/mol. The monoisotopic (exact) mass is 285 g/mol. The van der Waals surface area contributed by atoms with Gasteiger partial charge in [0.1, 0.15) is 5.82 Å². The molecule has 3 heterocycles. The van der Waals surface area contributed by atoms with Crippen molar-refractivity contribution in [1.29, 1.82) is 0 Å². The number of hydrogen-bond donors (Lipinski definition) is 1. The van der Waals surface area contributed by atoms with E-state index < -0.39 is 0 Å². The Labute approximate surface area is 115 Å². The molecule has 6 heteroatoms. The van der Waals surface area contributed by atoms with E-state index >= 15 is 0 Å². The minimum absolute atomic E-state index is 0.244. The Balaban J connectivity index is 2.13. The number of nitrogens with two attached hydrogens (primary N) is 1. The summed E-state index contributed by atoms with van der Waals surface area (Å²) in [5.74, 6) is 0.846. The van der Waals surface area contributed by atoms with Crippen LogP contribution >= 0.6 is 23.2 Å². The van der Waals surface area contributed by atoms with Crippen molar-refractivity contribution in [3.63, 3.8) is 0 Å². The van der Waals surface area contributed by atoms with Crippen molar-refractivity contribution in [3.8, 4) is 0 Å². The highest BCUT2D eigenvalue weighted by Gasteiger charge is 2.23. The van der Waals surface area contributed by atoms with Crippen LogP contribution in [0.25, 0.3) is 5.65 Å². The van der Waals surface area contributed by atoms with Gasteiger partial charge in [0.15, 0.2) is 5.65 Å². The fourth-order valence-corrected chi connectivity index (χ4v) is 2.88. The molecule has 1 aliphatic heterocycles. The summed E-state index contributed by atoms with van der Waals surface area (Å²) in [6.07, 6.45) is 3.81. The fraction of sp³-hybridized carbons (Fsp3) is 0.417. The summed E-state index contributed by atoms with van der Waals surface area (Å²) in [7, 11) is 0. The topological polar surface area (TPSA) is 52.5 Å². The van der Waals surface area contributed by atoms with Crippen LogP contribution in [0.15, 0.2) is 12.3 Å². The van der Waals surface area contributed by atoms with E-state index in [1.165, 1.54) is 0 Å². The molecule has 0 amide bonds. The van der Waals surface area contributed by atoms with Crippen molar-refractivity contribution < 1.29 is 4.74 Å². The third-order valence-electron chi connectivity index (χ3n) is 3.25. The van der Waals surface area contributed by atoms with E-state index in [0.717, 1.165) is 25.1 Å². The van der Waals surface area contributed by atoms with Gasteiger partial charge in [-0.15, -0.1) is 0 Å². The Kier molecular flexibility index (Phi) is 3.09. The Morgan fingerprint density at radius 2 is 2.28 bits per heavy atom. The van der Waals surface area contributed by atoms with Gasteiger partial charge in [0.2, 0.25) is 0 Å². The maximum Gasteiger partial charge on any atom is 0.157 e. The van der Waals surface area contributed by atoms with Crippen molar-refractivity contribution in [2.75, 3.05) is 18.9 Å². The van der Waals surface area contributed by atoms with Crippen LogP contribution in [0.2, 0.25) is 10.0 Å². The molecule has 0 saturated carbocycles. The smallest absolute Gasteiger partial charge is 0.157 e. The molecule has 1 aliphatic rings. The van der Waals surface area contributed by atoms with Crippen LogP contribution in [0.3, 0.4) is 0 Å². The van der Waals surface area contributed by atoms with Gasteiger partial charge in [0.25, 0.3) is 0 Å². The van der Waals surface area contributed by atoms with Crippen LogP contribution in [0.4, 0.5) is 5.82 Å². The molecule has 2 aromatic rings. The predicted octanol–water partition coefficient (Wildman–Crippen LogP) is 3.12. The Morgan fingerprint density at radius 1 is 1.44 bits per heavy atom. The van der Waals surface area contributed by atoms with Gasteiger partial charge < -0.3 is 10.5 Å². The quantitative estimate of drug-likeness (QED) is 0.876. The fourth-order valence-electron chi connectivity index (χ4n) is 2.36. The highest BCUT2D eigenvalue weighted by Crippen LogP contribution is 2.32. The first-order valence-corrected chi connectivity index (χ1v) is 6.62. The number of pyridine rings is 1. The van der Waals surface area contributed by atoms with Crippen LogP contribution in [-0.2, 0) is 4.74 Å². The number of imidazole rings is 1. The highest BCUT2D eigenvalue weighted by molar-refractivity contribution is 6.36. The second-order valence-electron chi connectivity index (χ2n) is 4.50. The van der Waals surface area contributed by atoms with Crippen LogP contribution in [0.5, 0.6) is 0 Å². The molecule has 1 fully saturated rings. The number of fused-ring (bicyclic) bond motifs is 1. The summed E-state index contributed by atoms with van der Waals surface area (Å²) < 4.78 is 7.22. The molecule has 1 saturated heterocycles. The Bertz CT molecular complexity index is 591. The molecule has 0 aliphatic carbocycles. The molecule has 3 rings (SSSR count). The lowest BCUT2D eigenvalue weighted by Gasteiger charge is -2.20. The molecule has 2 N–H and O–H groups in total. The number of aromatic nitrogens is 2. The van der Waals surface area contributed by atoms with Crippen molar-refractivity contribution >= 4 is 34.7 Å². The van der Waals surface area contributed by atoms with Crippen LogP contribution < -0.4 is 5.73 Å². The number of nitrogen functional groups attached to an aromatic ring is 1. The average molecular weight is 286 g/mol. The summed E-state index contributed by atoms with van der Waals surface area (Å²) in [6.45, 7) is 1.48. The zero-order valence-electron chi connectivity index (χ0n) is 9.70. The van der Waals surface area contributed by atoms with Crippen molar-refractivity contribution in [3.05, 3.63) is 28.0 Å². The summed E-state index contributed by atoms with van der Waals surface area (Å²) >= 11 is 12.1. The van der Waals surface area contributed by atoms with Gasteiger partial charge in [-0.25, -0.2) is 4.98 Å². The van der Waals surface area contributed by atoms with E-state index in [4.69, 9.17) is 33.7 Å². The van der Waals surface area contributed by atoms with Gasteiger partial charge in [-0.05, 0) is 18.9 Å². The lowest BCUT2D eigenvalue weighted by molar-refractivity contribution is 0.0796. The third-order valence-corrected chi connectivity index (χ3v) is 3.74. The minimum atomic E-state index is 0.244. The van der Waals surface area contributed by atoms with Crippen LogP contribution in [0.1, 0.15) is 24.5 Å². The molecule has 4 nitrogen and oxygen atoms in total. The number of anilines is 1. The molecule has 18 heavy (non-hydrogen) atoms. The summed E-state index contributed by atoms with van der Waals surface area (Å²) in [5, 5.41) is 1.06. The molecule has 0 radical (unpaired) electrons. The van der Waals surface area contributed by atoms with E-state index in [1.54, 1.807) is 16.7 Å². The highest BCUT2D eigenvalue weighted by atomic mass is 35.5. The number of hydrogen-bond acceptors (Lipinski definition) is 3. The maximum absolute atomic E-state index is 6.14. The summed E-state index contributed by atoms with van der Waals surface area (Å²) in [5.41, 5.74) is 7.65.